The van der Waals surface area contributed by atoms with Gasteiger partial charge < -0.3 is 14.6 Å². The van der Waals surface area contributed by atoms with E-state index in [2.05, 4.69) is 37.6 Å². The molecule has 0 aliphatic carbocycles. The number of hydrogen-bond acceptors (Lipinski definition) is 6. The summed E-state index contributed by atoms with van der Waals surface area (Å²) < 4.78 is 5.26. The predicted octanol–water partition coefficient (Wildman–Crippen LogP) is 4.47. The van der Waals surface area contributed by atoms with Gasteiger partial charge in [-0.15, -0.1) is 0 Å². The SMILES string of the molecule is CN1CCCc2c(NCc3ccccc3)nc(NC(=O)c3cccc4cocc34)nc21. The normalized spacial score (nSPS) is 13.1. The van der Waals surface area contributed by atoms with Crippen LogP contribution in [0.3, 0.4) is 0 Å². The van der Waals surface area contributed by atoms with Crippen LogP contribution in [0, 0.1) is 0 Å². The summed E-state index contributed by atoms with van der Waals surface area (Å²) in [6.07, 6.45) is 5.15. The second-order valence-electron chi connectivity index (χ2n) is 7.70. The molecular formula is C24H23N5O2. The fourth-order valence-electron chi connectivity index (χ4n) is 3.96. The molecule has 1 amide bonds. The fourth-order valence-corrected chi connectivity index (χ4v) is 3.96. The number of anilines is 3. The van der Waals surface area contributed by atoms with Gasteiger partial charge >= 0.3 is 0 Å². The fraction of sp³-hybridized carbons (Fsp3) is 0.208. The molecule has 0 fully saturated rings. The molecule has 4 aromatic rings. The van der Waals surface area contributed by atoms with Crippen molar-refractivity contribution in [3.8, 4) is 0 Å². The van der Waals surface area contributed by atoms with E-state index in [-0.39, 0.29) is 11.9 Å². The number of furan rings is 1. The van der Waals surface area contributed by atoms with E-state index in [9.17, 15) is 4.79 Å². The molecule has 0 saturated carbocycles. The minimum absolute atomic E-state index is 0.264. The minimum Gasteiger partial charge on any atom is -0.471 e. The number of hydrogen-bond donors (Lipinski definition) is 2. The Morgan fingerprint density at radius 2 is 1.97 bits per heavy atom. The topological polar surface area (TPSA) is 83.3 Å². The van der Waals surface area contributed by atoms with Gasteiger partial charge in [0.1, 0.15) is 11.6 Å². The van der Waals surface area contributed by atoms with Crippen LogP contribution in [0.15, 0.2) is 65.5 Å². The van der Waals surface area contributed by atoms with Crippen LogP contribution in [-0.2, 0) is 13.0 Å². The third-order valence-electron chi connectivity index (χ3n) is 5.56. The summed E-state index contributed by atoms with van der Waals surface area (Å²) in [6.45, 7) is 1.57. The Morgan fingerprint density at radius 3 is 2.84 bits per heavy atom. The van der Waals surface area contributed by atoms with Gasteiger partial charge in [0.05, 0.1) is 18.1 Å². The van der Waals surface area contributed by atoms with Crippen molar-refractivity contribution in [3.63, 3.8) is 0 Å². The van der Waals surface area contributed by atoms with Crippen molar-refractivity contribution < 1.29 is 9.21 Å². The maximum atomic E-state index is 13.0. The molecule has 0 spiro atoms. The summed E-state index contributed by atoms with van der Waals surface area (Å²) in [5.74, 6) is 1.64. The average Bonchev–Trinajstić information content (AvgIpc) is 3.28. The zero-order valence-electron chi connectivity index (χ0n) is 17.3. The lowest BCUT2D eigenvalue weighted by molar-refractivity contribution is 0.102. The highest BCUT2D eigenvalue weighted by atomic mass is 16.3. The summed E-state index contributed by atoms with van der Waals surface area (Å²) >= 11 is 0. The van der Waals surface area contributed by atoms with Gasteiger partial charge in [-0.1, -0.05) is 42.5 Å². The Morgan fingerprint density at radius 1 is 1.10 bits per heavy atom. The van der Waals surface area contributed by atoms with Gasteiger partial charge in [0, 0.05) is 36.5 Å². The number of nitrogens with one attached hydrogen (secondary N) is 2. The molecule has 0 radical (unpaired) electrons. The van der Waals surface area contributed by atoms with E-state index in [0.29, 0.717) is 12.1 Å². The number of aromatic nitrogens is 2. The van der Waals surface area contributed by atoms with Gasteiger partial charge in [-0.05, 0) is 24.5 Å². The molecule has 0 bridgehead atoms. The lowest BCUT2D eigenvalue weighted by Crippen LogP contribution is -2.28. The quantitative estimate of drug-likeness (QED) is 0.502. The van der Waals surface area contributed by atoms with Gasteiger partial charge in [0.15, 0.2) is 0 Å². The number of carbonyl (C=O) groups excluding carboxylic acids is 1. The number of benzene rings is 2. The summed E-state index contributed by atoms with van der Waals surface area (Å²) in [7, 11) is 2.02. The van der Waals surface area contributed by atoms with Gasteiger partial charge in [-0.2, -0.15) is 9.97 Å². The first-order valence-corrected chi connectivity index (χ1v) is 10.3. The predicted molar refractivity (Wildman–Crippen MR) is 122 cm³/mol. The maximum Gasteiger partial charge on any atom is 0.258 e. The van der Waals surface area contributed by atoms with Gasteiger partial charge in [0.25, 0.3) is 5.91 Å². The standard InChI is InChI=1S/C24H23N5O2/c1-29-12-6-11-19-21(25-13-16-7-3-2-4-8-16)26-24(27-22(19)29)28-23(30)18-10-5-9-17-14-31-15-20(17)18/h2-5,7-10,14-15H,6,11-13H2,1H3,(H2,25,26,27,28,30). The van der Waals surface area contributed by atoms with E-state index in [1.807, 2.05) is 37.4 Å². The van der Waals surface area contributed by atoms with E-state index < -0.39 is 0 Å². The number of nitrogens with zero attached hydrogens (tertiary/aromatic N) is 3. The molecule has 2 aromatic carbocycles. The van der Waals surface area contributed by atoms with Crippen LogP contribution in [0.1, 0.15) is 27.9 Å². The van der Waals surface area contributed by atoms with Crippen LogP contribution in [-0.4, -0.2) is 29.5 Å². The smallest absolute Gasteiger partial charge is 0.258 e. The van der Waals surface area contributed by atoms with Crippen LogP contribution in [0.4, 0.5) is 17.6 Å². The number of carbonyl (C=O) groups is 1. The molecule has 0 saturated heterocycles. The summed E-state index contributed by atoms with van der Waals surface area (Å²) in [5, 5.41) is 7.96. The summed E-state index contributed by atoms with van der Waals surface area (Å²) in [6, 6.07) is 15.7. The molecule has 0 unspecified atom stereocenters. The monoisotopic (exact) mass is 413 g/mol. The van der Waals surface area contributed by atoms with Crippen molar-refractivity contribution in [1.29, 1.82) is 0 Å². The average molecular weight is 413 g/mol. The van der Waals surface area contributed by atoms with Crippen molar-refractivity contribution in [2.24, 2.45) is 0 Å². The zero-order chi connectivity index (χ0) is 21.2. The van der Waals surface area contributed by atoms with Gasteiger partial charge in [-0.25, -0.2) is 0 Å². The highest BCUT2D eigenvalue weighted by Crippen LogP contribution is 2.31. The molecule has 7 nitrogen and oxygen atoms in total. The second-order valence-corrected chi connectivity index (χ2v) is 7.70. The highest BCUT2D eigenvalue weighted by molar-refractivity contribution is 6.12. The van der Waals surface area contributed by atoms with E-state index in [4.69, 9.17) is 4.42 Å². The first kappa shape index (κ1) is 19.1. The largest absolute Gasteiger partial charge is 0.471 e. The lowest BCUT2D eigenvalue weighted by Gasteiger charge is -2.28. The second kappa shape index (κ2) is 8.10. The molecule has 2 N–H and O–H groups in total. The van der Waals surface area contributed by atoms with Crippen LogP contribution in [0.25, 0.3) is 10.8 Å². The molecule has 3 heterocycles. The first-order chi connectivity index (χ1) is 15.2. The van der Waals surface area contributed by atoms with Crippen molar-refractivity contribution in [2.45, 2.75) is 19.4 Å². The molecule has 1 aliphatic rings. The molecule has 2 aromatic heterocycles. The number of amides is 1. The molecular weight excluding hydrogens is 390 g/mol. The van der Waals surface area contributed by atoms with Crippen LogP contribution in [0.5, 0.6) is 0 Å². The molecule has 0 atom stereocenters. The number of rotatable bonds is 5. The third-order valence-corrected chi connectivity index (χ3v) is 5.56. The van der Waals surface area contributed by atoms with Crippen molar-refractivity contribution in [1.82, 2.24) is 9.97 Å². The van der Waals surface area contributed by atoms with Gasteiger partial charge in [0.2, 0.25) is 5.95 Å². The van der Waals surface area contributed by atoms with E-state index in [1.165, 1.54) is 0 Å². The minimum atomic E-state index is -0.264. The first-order valence-electron chi connectivity index (χ1n) is 10.3. The van der Waals surface area contributed by atoms with E-state index in [1.54, 1.807) is 18.6 Å². The van der Waals surface area contributed by atoms with E-state index in [0.717, 1.165) is 52.9 Å². The molecule has 156 valence electrons. The molecule has 7 heteroatoms. The van der Waals surface area contributed by atoms with Crippen LogP contribution >= 0.6 is 0 Å². The Hall–Kier alpha value is -3.87. The summed E-state index contributed by atoms with van der Waals surface area (Å²) in [5.41, 5.74) is 2.77. The van der Waals surface area contributed by atoms with Gasteiger partial charge in [-0.3, -0.25) is 10.1 Å². The Labute approximate surface area is 180 Å². The summed E-state index contributed by atoms with van der Waals surface area (Å²) in [4.78, 5) is 24.4. The zero-order valence-corrected chi connectivity index (χ0v) is 17.3. The highest BCUT2D eigenvalue weighted by Gasteiger charge is 2.22. The lowest BCUT2D eigenvalue weighted by atomic mass is 10.1. The molecule has 31 heavy (non-hydrogen) atoms. The van der Waals surface area contributed by atoms with Crippen molar-refractivity contribution >= 4 is 34.3 Å². The Kier molecular flexibility index (Phi) is 5.00. The molecule has 1 aliphatic heterocycles. The Bertz CT molecular complexity index is 1240. The number of fused-ring (bicyclic) bond motifs is 2. The maximum absolute atomic E-state index is 13.0. The van der Waals surface area contributed by atoms with Crippen LogP contribution < -0.4 is 15.5 Å². The van der Waals surface area contributed by atoms with E-state index >= 15 is 0 Å². The Balaban J connectivity index is 1.46. The van der Waals surface area contributed by atoms with Crippen LogP contribution in [0.2, 0.25) is 0 Å². The van der Waals surface area contributed by atoms with Crippen molar-refractivity contribution in [3.05, 3.63) is 77.7 Å². The third kappa shape index (κ3) is 3.82. The van der Waals surface area contributed by atoms with Crippen molar-refractivity contribution in [2.75, 3.05) is 29.1 Å². The molecule has 5 rings (SSSR count).